The van der Waals surface area contributed by atoms with Crippen LogP contribution in [0.1, 0.15) is 11.1 Å². The fourth-order valence-corrected chi connectivity index (χ4v) is 5.33. The largest absolute Gasteiger partial charge is 0.468 e. The number of halogens is 3. The number of nitrogens with one attached hydrogen (secondary N) is 1. The monoisotopic (exact) mass is 496 g/mol. The zero-order chi connectivity index (χ0) is 24.9. The molecule has 2 saturated heterocycles. The third-order valence-electron chi connectivity index (χ3n) is 6.70. The average Bonchev–Trinajstić information content (AvgIpc) is 3.35. The number of fused-ring (bicyclic) bond motifs is 1. The van der Waals surface area contributed by atoms with E-state index in [9.17, 15) is 23.2 Å². The maximum absolute atomic E-state index is 14.0. The summed E-state index contributed by atoms with van der Waals surface area (Å²) in [6.07, 6.45) is 0. The van der Waals surface area contributed by atoms with Crippen LogP contribution in [0.3, 0.4) is 0 Å². The third-order valence-corrected chi connectivity index (χ3v) is 6.95. The van der Waals surface area contributed by atoms with Gasteiger partial charge in [-0.15, -0.1) is 0 Å². The summed E-state index contributed by atoms with van der Waals surface area (Å²) >= 11 is 5.98. The summed E-state index contributed by atoms with van der Waals surface area (Å²) in [5.74, 6) is -5.11. The molecule has 2 fully saturated rings. The molecule has 2 aliphatic rings. The Morgan fingerprint density at radius 1 is 0.886 bits per heavy atom. The highest BCUT2D eigenvalue weighted by Gasteiger charge is 2.68. The second-order valence-corrected chi connectivity index (χ2v) is 8.90. The van der Waals surface area contributed by atoms with Crippen LogP contribution in [0, 0.1) is 23.5 Å². The lowest BCUT2D eigenvalue weighted by Crippen LogP contribution is -2.52. The molecule has 1 N–H and O–H groups in total. The number of imide groups is 1. The van der Waals surface area contributed by atoms with Crippen molar-refractivity contribution in [3.8, 4) is 0 Å². The normalized spacial score (nSPS) is 22.9. The van der Waals surface area contributed by atoms with Crippen molar-refractivity contribution in [2.75, 3.05) is 12.0 Å². The van der Waals surface area contributed by atoms with E-state index in [1.54, 1.807) is 12.1 Å². The van der Waals surface area contributed by atoms with E-state index in [1.165, 1.54) is 67.8 Å². The van der Waals surface area contributed by atoms with E-state index in [2.05, 4.69) is 5.32 Å². The summed E-state index contributed by atoms with van der Waals surface area (Å²) < 4.78 is 32.7. The molecule has 2 aliphatic heterocycles. The van der Waals surface area contributed by atoms with Gasteiger partial charge in [-0.05, 0) is 59.7 Å². The molecule has 5 rings (SSSR count). The van der Waals surface area contributed by atoms with E-state index < -0.39 is 52.8 Å². The summed E-state index contributed by atoms with van der Waals surface area (Å²) in [6, 6.07) is 15.8. The first-order valence-corrected chi connectivity index (χ1v) is 11.2. The molecule has 2 heterocycles. The Morgan fingerprint density at radius 2 is 1.40 bits per heavy atom. The van der Waals surface area contributed by atoms with Crippen LogP contribution in [0.4, 0.5) is 14.5 Å². The van der Waals surface area contributed by atoms with Crippen LogP contribution in [0.2, 0.25) is 5.02 Å². The number of carbonyl (C=O) groups excluding carboxylic acids is 3. The second kappa shape index (κ2) is 8.55. The average molecular weight is 497 g/mol. The van der Waals surface area contributed by atoms with Gasteiger partial charge in [0.05, 0.1) is 30.2 Å². The highest BCUT2D eigenvalue weighted by molar-refractivity contribution is 6.31. The van der Waals surface area contributed by atoms with Crippen LogP contribution in [-0.2, 0) is 24.7 Å². The summed E-state index contributed by atoms with van der Waals surface area (Å²) in [4.78, 5) is 41.5. The van der Waals surface area contributed by atoms with E-state index >= 15 is 0 Å². The van der Waals surface area contributed by atoms with E-state index in [0.29, 0.717) is 21.8 Å². The molecular formula is C26H19ClF2N2O4. The number of anilines is 1. The Bertz CT molecular complexity index is 1270. The number of carbonyl (C=O) groups is 3. The Morgan fingerprint density at radius 3 is 1.89 bits per heavy atom. The van der Waals surface area contributed by atoms with Crippen molar-refractivity contribution in [3.05, 3.63) is 101 Å². The predicted molar refractivity (Wildman–Crippen MR) is 123 cm³/mol. The quantitative estimate of drug-likeness (QED) is 0.439. The number of ether oxygens (including phenoxy) is 1. The van der Waals surface area contributed by atoms with E-state index in [-0.39, 0.29) is 0 Å². The minimum atomic E-state index is -1.45. The number of amides is 2. The summed E-state index contributed by atoms with van der Waals surface area (Å²) in [5, 5.41) is 3.59. The second-order valence-electron chi connectivity index (χ2n) is 8.46. The molecule has 35 heavy (non-hydrogen) atoms. The molecule has 0 radical (unpaired) electrons. The van der Waals surface area contributed by atoms with Gasteiger partial charge in [0.15, 0.2) is 0 Å². The van der Waals surface area contributed by atoms with Gasteiger partial charge in [0.1, 0.15) is 17.7 Å². The number of hydrogen-bond acceptors (Lipinski definition) is 5. The van der Waals surface area contributed by atoms with Crippen molar-refractivity contribution in [1.82, 2.24) is 5.32 Å². The number of rotatable bonds is 4. The first-order valence-electron chi connectivity index (χ1n) is 10.8. The minimum absolute atomic E-state index is 0.300. The first kappa shape index (κ1) is 23.1. The van der Waals surface area contributed by atoms with Crippen LogP contribution >= 0.6 is 11.6 Å². The number of nitrogens with zero attached hydrogens (tertiary/aromatic N) is 1. The van der Waals surface area contributed by atoms with Crippen molar-refractivity contribution in [2.24, 2.45) is 11.8 Å². The Labute approximate surface area is 204 Å². The molecule has 0 saturated carbocycles. The molecule has 0 aromatic heterocycles. The predicted octanol–water partition coefficient (Wildman–Crippen LogP) is 3.81. The Hall–Kier alpha value is -3.62. The smallest absolute Gasteiger partial charge is 0.323 e. The summed E-state index contributed by atoms with van der Waals surface area (Å²) in [5.41, 5.74) is -0.273. The van der Waals surface area contributed by atoms with Crippen molar-refractivity contribution < 1.29 is 27.9 Å². The molecule has 3 aromatic carbocycles. The van der Waals surface area contributed by atoms with Gasteiger partial charge in [-0.2, -0.15) is 0 Å². The highest BCUT2D eigenvalue weighted by atomic mass is 35.5. The summed E-state index contributed by atoms with van der Waals surface area (Å²) in [7, 11) is 1.19. The van der Waals surface area contributed by atoms with Crippen LogP contribution in [0.5, 0.6) is 0 Å². The van der Waals surface area contributed by atoms with Crippen LogP contribution in [0.15, 0.2) is 72.8 Å². The molecule has 2 amide bonds. The lowest BCUT2D eigenvalue weighted by Gasteiger charge is -2.36. The Kier molecular flexibility index (Phi) is 5.65. The zero-order valence-electron chi connectivity index (χ0n) is 18.4. The highest BCUT2D eigenvalue weighted by Crippen LogP contribution is 2.52. The molecule has 0 aliphatic carbocycles. The molecule has 3 atom stereocenters. The van der Waals surface area contributed by atoms with Crippen molar-refractivity contribution in [1.29, 1.82) is 0 Å². The van der Waals surface area contributed by atoms with Crippen molar-refractivity contribution in [3.63, 3.8) is 0 Å². The molecule has 178 valence electrons. The van der Waals surface area contributed by atoms with Crippen LogP contribution in [-0.4, -0.2) is 30.9 Å². The minimum Gasteiger partial charge on any atom is -0.468 e. The van der Waals surface area contributed by atoms with Gasteiger partial charge >= 0.3 is 5.97 Å². The molecule has 6 nitrogen and oxygen atoms in total. The SMILES string of the molecule is COC(=O)[C@@H]1NC(c2ccc(F)cc2)(c2ccc(F)cc2)[C@H]2C(=O)N(c3ccc(Cl)cc3)C(=O)[C@@H]12. The van der Waals surface area contributed by atoms with Crippen LogP contribution < -0.4 is 10.2 Å². The van der Waals surface area contributed by atoms with Gasteiger partial charge in [-0.3, -0.25) is 19.7 Å². The van der Waals surface area contributed by atoms with Gasteiger partial charge in [0.2, 0.25) is 11.8 Å². The number of hydrogen-bond donors (Lipinski definition) is 1. The van der Waals surface area contributed by atoms with E-state index in [1.807, 2.05) is 0 Å². The van der Waals surface area contributed by atoms with Gasteiger partial charge in [-0.25, -0.2) is 13.7 Å². The van der Waals surface area contributed by atoms with Crippen molar-refractivity contribution in [2.45, 2.75) is 11.6 Å². The number of esters is 1. The van der Waals surface area contributed by atoms with Gasteiger partial charge < -0.3 is 4.74 Å². The molecule has 0 bridgehead atoms. The Balaban J connectivity index is 1.75. The fourth-order valence-electron chi connectivity index (χ4n) is 5.20. The van der Waals surface area contributed by atoms with E-state index in [4.69, 9.17) is 16.3 Å². The molecule has 0 unspecified atom stereocenters. The van der Waals surface area contributed by atoms with Gasteiger partial charge in [0.25, 0.3) is 0 Å². The molecule has 9 heteroatoms. The van der Waals surface area contributed by atoms with Crippen molar-refractivity contribution >= 4 is 35.1 Å². The topological polar surface area (TPSA) is 75.7 Å². The molecule has 0 spiro atoms. The number of benzene rings is 3. The lowest BCUT2D eigenvalue weighted by atomic mass is 9.71. The number of methoxy groups -OCH3 is 1. The standard InChI is InChI=1S/C26H19ClF2N2O4/c1-35-25(34)22-20-21(24(33)31(23(20)32)19-12-6-16(27)7-13-19)26(30-22,14-2-8-17(28)9-3-14)15-4-10-18(29)11-5-15/h2-13,20-22,30H,1H3/t20-,21-,22-/m1/s1. The fraction of sp³-hybridized carbons (Fsp3) is 0.192. The van der Waals surface area contributed by atoms with Crippen LogP contribution in [0.25, 0.3) is 0 Å². The maximum atomic E-state index is 14.0. The van der Waals surface area contributed by atoms with Gasteiger partial charge in [0, 0.05) is 5.02 Å². The molecule has 3 aromatic rings. The third kappa shape index (κ3) is 3.52. The lowest BCUT2D eigenvalue weighted by molar-refractivity contribution is -0.145. The van der Waals surface area contributed by atoms with E-state index in [0.717, 1.165) is 4.90 Å². The maximum Gasteiger partial charge on any atom is 0.323 e. The molecular weight excluding hydrogens is 478 g/mol. The summed E-state index contributed by atoms with van der Waals surface area (Å²) in [6.45, 7) is 0. The van der Waals surface area contributed by atoms with Gasteiger partial charge in [-0.1, -0.05) is 35.9 Å². The zero-order valence-corrected chi connectivity index (χ0v) is 19.1. The first-order chi connectivity index (χ1) is 16.8.